The minimum atomic E-state index is -0.700. The van der Waals surface area contributed by atoms with Crippen molar-refractivity contribution < 1.29 is 14.3 Å². The van der Waals surface area contributed by atoms with Crippen LogP contribution in [-0.2, 0) is 20.5 Å². The minimum Gasteiger partial charge on any atom is -0.449 e. The van der Waals surface area contributed by atoms with Gasteiger partial charge in [-0.15, -0.1) is 0 Å². The highest BCUT2D eigenvalue weighted by atomic mass is 16.6. The molecule has 1 aromatic heterocycles. The zero-order valence-corrected chi connectivity index (χ0v) is 17.1. The van der Waals surface area contributed by atoms with Gasteiger partial charge in [-0.3, -0.25) is 9.78 Å². The number of benzene rings is 2. The number of carbonyl (C=O) groups is 2. The Bertz CT molecular complexity index is 1180. The summed E-state index contributed by atoms with van der Waals surface area (Å²) in [6, 6.07) is 21.6. The van der Waals surface area contributed by atoms with E-state index in [1.807, 2.05) is 71.8 Å². The van der Waals surface area contributed by atoms with Crippen LogP contribution in [-0.4, -0.2) is 34.8 Å². The SMILES string of the molecule is O=C1O[C@]2(CCN(C(=O)C3(c4ccc(-c5ccccc5)nc4)CC3)C2)c2ccccc21. The van der Waals surface area contributed by atoms with E-state index in [9.17, 15) is 9.59 Å². The van der Waals surface area contributed by atoms with Gasteiger partial charge in [0.05, 0.1) is 23.2 Å². The average molecular weight is 410 g/mol. The van der Waals surface area contributed by atoms with Crippen LogP contribution >= 0.6 is 0 Å². The van der Waals surface area contributed by atoms with Crippen LogP contribution in [0.4, 0.5) is 0 Å². The van der Waals surface area contributed by atoms with Crippen LogP contribution in [0.25, 0.3) is 11.3 Å². The lowest BCUT2D eigenvalue weighted by molar-refractivity contribution is -0.134. The molecule has 154 valence electrons. The lowest BCUT2D eigenvalue weighted by atomic mass is 9.91. The molecule has 31 heavy (non-hydrogen) atoms. The van der Waals surface area contributed by atoms with Gasteiger partial charge in [0.25, 0.3) is 0 Å². The first kappa shape index (κ1) is 18.3. The van der Waals surface area contributed by atoms with Gasteiger partial charge in [0.2, 0.25) is 5.91 Å². The van der Waals surface area contributed by atoms with Crippen LogP contribution < -0.4 is 0 Å². The van der Waals surface area contributed by atoms with Crippen LogP contribution in [0.15, 0.2) is 72.9 Å². The molecule has 0 unspecified atom stereocenters. The zero-order chi connectivity index (χ0) is 21.1. The fourth-order valence-electron chi connectivity index (χ4n) is 5.11. The molecule has 1 spiro atoms. The molecule has 1 atom stereocenters. The second-order valence-electron chi connectivity index (χ2n) is 8.79. The van der Waals surface area contributed by atoms with Gasteiger partial charge in [-0.2, -0.15) is 0 Å². The first-order chi connectivity index (χ1) is 15.1. The Balaban J connectivity index is 1.25. The number of rotatable bonds is 3. The van der Waals surface area contributed by atoms with Crippen molar-refractivity contribution in [2.45, 2.75) is 30.3 Å². The molecular formula is C26H22N2O3. The van der Waals surface area contributed by atoms with Crippen molar-refractivity contribution >= 4 is 11.9 Å². The Morgan fingerprint density at radius 3 is 2.45 bits per heavy atom. The summed E-state index contributed by atoms with van der Waals surface area (Å²) in [5, 5.41) is 0. The molecule has 6 rings (SSSR count). The Hall–Kier alpha value is -3.47. The number of hydrogen-bond acceptors (Lipinski definition) is 4. The number of likely N-dealkylation sites (tertiary alicyclic amines) is 1. The van der Waals surface area contributed by atoms with Crippen molar-refractivity contribution in [1.29, 1.82) is 0 Å². The first-order valence-electron chi connectivity index (χ1n) is 10.8. The molecule has 0 N–H and O–H groups in total. The normalized spacial score (nSPS) is 23.0. The summed E-state index contributed by atoms with van der Waals surface area (Å²) in [6.45, 7) is 1.02. The van der Waals surface area contributed by atoms with Crippen molar-refractivity contribution in [3.05, 3.63) is 89.6 Å². The third-order valence-corrected chi connectivity index (χ3v) is 6.99. The van der Waals surface area contributed by atoms with Crippen molar-refractivity contribution in [3.8, 4) is 11.3 Å². The van der Waals surface area contributed by atoms with Gasteiger partial charge >= 0.3 is 5.97 Å². The molecule has 1 aliphatic carbocycles. The number of esters is 1. The molecule has 1 saturated carbocycles. The Morgan fingerprint density at radius 2 is 1.71 bits per heavy atom. The van der Waals surface area contributed by atoms with Gasteiger partial charge in [-0.25, -0.2) is 4.79 Å². The standard InChI is InChI=1S/C26H22N2O3/c29-23-20-8-4-5-9-21(20)26(31-23)14-15-28(17-26)24(30)25(12-13-25)19-10-11-22(27-16-19)18-6-2-1-3-7-18/h1-11,16H,12-15,17H2/t26-/m0/s1. The van der Waals surface area contributed by atoms with Crippen LogP contribution in [0.3, 0.4) is 0 Å². The average Bonchev–Trinajstić information content (AvgIpc) is 3.46. The van der Waals surface area contributed by atoms with Crippen molar-refractivity contribution in [1.82, 2.24) is 9.88 Å². The van der Waals surface area contributed by atoms with Gasteiger partial charge in [-0.05, 0) is 30.5 Å². The summed E-state index contributed by atoms with van der Waals surface area (Å²) in [7, 11) is 0. The number of hydrogen-bond donors (Lipinski definition) is 0. The van der Waals surface area contributed by atoms with Crippen LogP contribution in [0.5, 0.6) is 0 Å². The van der Waals surface area contributed by atoms with Gasteiger partial charge in [0, 0.05) is 30.3 Å². The monoisotopic (exact) mass is 410 g/mol. The Kier molecular flexibility index (Phi) is 3.85. The van der Waals surface area contributed by atoms with E-state index in [0.29, 0.717) is 25.1 Å². The quantitative estimate of drug-likeness (QED) is 0.611. The molecule has 2 aliphatic heterocycles. The summed E-state index contributed by atoms with van der Waals surface area (Å²) in [5.41, 5.74) is 3.29. The van der Waals surface area contributed by atoms with E-state index in [1.54, 1.807) is 6.07 Å². The van der Waals surface area contributed by atoms with E-state index in [2.05, 4.69) is 4.98 Å². The van der Waals surface area contributed by atoms with E-state index in [4.69, 9.17) is 4.74 Å². The Morgan fingerprint density at radius 1 is 0.935 bits per heavy atom. The first-order valence-corrected chi connectivity index (χ1v) is 10.8. The molecule has 2 aromatic carbocycles. The van der Waals surface area contributed by atoms with Gasteiger partial charge in [0.1, 0.15) is 0 Å². The largest absolute Gasteiger partial charge is 0.449 e. The fraction of sp³-hybridized carbons (Fsp3) is 0.269. The number of nitrogens with zero attached hydrogens (tertiary/aromatic N) is 2. The number of aromatic nitrogens is 1. The van der Waals surface area contributed by atoms with Gasteiger partial charge in [0.15, 0.2) is 5.60 Å². The summed E-state index contributed by atoms with van der Waals surface area (Å²) in [5.74, 6) is -0.161. The van der Waals surface area contributed by atoms with E-state index in [1.165, 1.54) is 0 Å². The maximum atomic E-state index is 13.6. The molecule has 0 radical (unpaired) electrons. The third-order valence-electron chi connectivity index (χ3n) is 6.99. The highest BCUT2D eigenvalue weighted by Gasteiger charge is 2.57. The van der Waals surface area contributed by atoms with Crippen LogP contribution in [0, 0.1) is 0 Å². The second kappa shape index (κ2) is 6.51. The summed E-state index contributed by atoms with van der Waals surface area (Å²) < 4.78 is 5.82. The number of fused-ring (bicyclic) bond motifs is 2. The fourth-order valence-corrected chi connectivity index (χ4v) is 5.11. The zero-order valence-electron chi connectivity index (χ0n) is 17.1. The molecule has 1 amide bonds. The van der Waals surface area contributed by atoms with E-state index >= 15 is 0 Å². The minimum absolute atomic E-state index is 0.124. The molecule has 3 heterocycles. The van der Waals surface area contributed by atoms with E-state index < -0.39 is 11.0 Å². The topological polar surface area (TPSA) is 59.5 Å². The lowest BCUT2D eigenvalue weighted by Crippen LogP contribution is -2.40. The number of amides is 1. The Labute approximate surface area is 180 Å². The molecule has 5 heteroatoms. The summed E-state index contributed by atoms with van der Waals surface area (Å²) in [6.07, 6.45) is 4.16. The van der Waals surface area contributed by atoms with Crippen LogP contribution in [0.1, 0.15) is 40.7 Å². The molecule has 0 bridgehead atoms. The predicted octanol–water partition coefficient (Wildman–Crippen LogP) is 4.08. The molecular weight excluding hydrogens is 388 g/mol. The lowest BCUT2D eigenvalue weighted by Gasteiger charge is -2.26. The van der Waals surface area contributed by atoms with Gasteiger partial charge < -0.3 is 9.64 Å². The molecule has 3 aromatic rings. The molecule has 1 saturated heterocycles. The van der Waals surface area contributed by atoms with Gasteiger partial charge in [-0.1, -0.05) is 54.6 Å². The van der Waals surface area contributed by atoms with E-state index in [-0.39, 0.29) is 11.9 Å². The molecule has 2 fully saturated rings. The molecule has 5 nitrogen and oxygen atoms in total. The summed E-state index contributed by atoms with van der Waals surface area (Å²) in [4.78, 5) is 32.4. The maximum Gasteiger partial charge on any atom is 0.339 e. The third kappa shape index (κ3) is 2.73. The second-order valence-corrected chi connectivity index (χ2v) is 8.79. The predicted molar refractivity (Wildman–Crippen MR) is 115 cm³/mol. The highest BCUT2D eigenvalue weighted by Crippen LogP contribution is 2.52. The van der Waals surface area contributed by atoms with Crippen molar-refractivity contribution in [3.63, 3.8) is 0 Å². The maximum absolute atomic E-state index is 13.6. The van der Waals surface area contributed by atoms with E-state index in [0.717, 1.165) is 35.2 Å². The van der Waals surface area contributed by atoms with Crippen LogP contribution in [0.2, 0.25) is 0 Å². The summed E-state index contributed by atoms with van der Waals surface area (Å²) >= 11 is 0. The smallest absolute Gasteiger partial charge is 0.339 e. The highest BCUT2D eigenvalue weighted by molar-refractivity contribution is 5.96. The molecule has 3 aliphatic rings. The van der Waals surface area contributed by atoms with Crippen molar-refractivity contribution in [2.24, 2.45) is 0 Å². The number of carbonyl (C=O) groups excluding carboxylic acids is 2. The number of pyridine rings is 1. The number of ether oxygens (including phenoxy) is 1. The van der Waals surface area contributed by atoms with Crippen molar-refractivity contribution in [2.75, 3.05) is 13.1 Å².